The first kappa shape index (κ1) is 14.2. The number of nitrogens with two attached hydrogens (primary N) is 1. The molecular weight excluding hydrogens is 264 g/mol. The fraction of sp³-hybridized carbons (Fsp3) is 0.500. The number of H-pyrrole nitrogens is 1. The molecule has 0 unspecified atom stereocenters. The van der Waals surface area contributed by atoms with E-state index in [0.717, 1.165) is 37.0 Å². The molecule has 3 rings (SSSR count). The van der Waals surface area contributed by atoms with E-state index in [9.17, 15) is 4.79 Å². The smallest absolute Gasteiger partial charge is 0.258 e. The fourth-order valence-electron chi connectivity index (χ4n) is 3.12. The van der Waals surface area contributed by atoms with Crippen molar-refractivity contribution in [2.75, 3.05) is 7.05 Å². The lowest BCUT2D eigenvalue weighted by molar-refractivity contribution is 0.173. The number of benzene rings is 1. The van der Waals surface area contributed by atoms with Gasteiger partial charge in [-0.1, -0.05) is 12.1 Å². The van der Waals surface area contributed by atoms with Crippen LogP contribution in [0.15, 0.2) is 29.1 Å². The second-order valence-corrected chi connectivity index (χ2v) is 6.01. The van der Waals surface area contributed by atoms with E-state index in [4.69, 9.17) is 5.73 Å². The summed E-state index contributed by atoms with van der Waals surface area (Å²) in [7, 11) is 2.09. The summed E-state index contributed by atoms with van der Waals surface area (Å²) < 4.78 is 0. The lowest BCUT2D eigenvalue weighted by Crippen LogP contribution is -2.38. The summed E-state index contributed by atoms with van der Waals surface area (Å²) in [5.74, 6) is 0.732. The van der Waals surface area contributed by atoms with Crippen LogP contribution in [0.25, 0.3) is 10.9 Å². The van der Waals surface area contributed by atoms with Crippen molar-refractivity contribution in [1.82, 2.24) is 14.9 Å². The zero-order chi connectivity index (χ0) is 14.8. The summed E-state index contributed by atoms with van der Waals surface area (Å²) in [5.41, 5.74) is 6.65. The van der Waals surface area contributed by atoms with Crippen LogP contribution in [-0.4, -0.2) is 34.0 Å². The molecule has 3 N–H and O–H groups in total. The minimum absolute atomic E-state index is 0.0605. The Balaban J connectivity index is 1.77. The van der Waals surface area contributed by atoms with Crippen molar-refractivity contribution in [2.24, 2.45) is 5.73 Å². The molecule has 1 aliphatic carbocycles. The molecule has 0 atom stereocenters. The van der Waals surface area contributed by atoms with E-state index in [-0.39, 0.29) is 5.56 Å². The van der Waals surface area contributed by atoms with Crippen molar-refractivity contribution in [1.29, 1.82) is 0 Å². The van der Waals surface area contributed by atoms with E-state index < -0.39 is 0 Å². The van der Waals surface area contributed by atoms with Gasteiger partial charge in [0.05, 0.1) is 17.4 Å². The molecule has 21 heavy (non-hydrogen) atoms. The SMILES string of the molecule is CN(Cc1nc2ccccc2c(=O)[nH]1)C1CCC(N)CC1. The Kier molecular flexibility index (Phi) is 4.03. The second kappa shape index (κ2) is 5.95. The van der Waals surface area contributed by atoms with Crippen molar-refractivity contribution in [2.45, 2.75) is 44.3 Å². The Morgan fingerprint density at radius 1 is 1.29 bits per heavy atom. The highest BCUT2D eigenvalue weighted by atomic mass is 16.1. The molecule has 1 aliphatic rings. The topological polar surface area (TPSA) is 75.0 Å². The van der Waals surface area contributed by atoms with Gasteiger partial charge in [0.1, 0.15) is 5.82 Å². The first-order valence-electron chi connectivity index (χ1n) is 7.57. The zero-order valence-corrected chi connectivity index (χ0v) is 12.4. The van der Waals surface area contributed by atoms with Crippen LogP contribution in [0.2, 0.25) is 0 Å². The minimum Gasteiger partial charge on any atom is -0.328 e. The summed E-state index contributed by atoms with van der Waals surface area (Å²) in [5, 5.41) is 0.646. The van der Waals surface area contributed by atoms with Gasteiger partial charge in [-0.05, 0) is 44.9 Å². The van der Waals surface area contributed by atoms with Crippen LogP contribution in [0.5, 0.6) is 0 Å². The van der Waals surface area contributed by atoms with Crippen molar-refractivity contribution in [3.05, 3.63) is 40.4 Å². The van der Waals surface area contributed by atoms with Crippen LogP contribution in [0.1, 0.15) is 31.5 Å². The van der Waals surface area contributed by atoms with Crippen molar-refractivity contribution in [3.8, 4) is 0 Å². The summed E-state index contributed by atoms with van der Waals surface area (Å²) in [6.45, 7) is 0.667. The molecule has 0 amide bonds. The van der Waals surface area contributed by atoms with Crippen LogP contribution in [-0.2, 0) is 6.54 Å². The van der Waals surface area contributed by atoms with Crippen molar-refractivity contribution < 1.29 is 0 Å². The van der Waals surface area contributed by atoms with Crippen molar-refractivity contribution in [3.63, 3.8) is 0 Å². The monoisotopic (exact) mass is 286 g/mol. The summed E-state index contributed by atoms with van der Waals surface area (Å²) in [4.78, 5) is 21.8. The Morgan fingerprint density at radius 2 is 2.00 bits per heavy atom. The van der Waals surface area contributed by atoms with Gasteiger partial charge in [-0.3, -0.25) is 9.69 Å². The minimum atomic E-state index is -0.0605. The maximum atomic E-state index is 12.1. The van der Waals surface area contributed by atoms with Gasteiger partial charge in [-0.25, -0.2) is 4.98 Å². The van der Waals surface area contributed by atoms with E-state index in [0.29, 0.717) is 24.0 Å². The van der Waals surface area contributed by atoms with E-state index in [1.165, 1.54) is 0 Å². The van der Waals surface area contributed by atoms with E-state index in [1.807, 2.05) is 18.2 Å². The lowest BCUT2D eigenvalue weighted by Gasteiger charge is -2.33. The predicted octanol–water partition coefficient (Wildman–Crippen LogP) is 1.62. The summed E-state index contributed by atoms with van der Waals surface area (Å²) in [6, 6.07) is 8.33. The third-order valence-corrected chi connectivity index (χ3v) is 4.43. The number of aromatic nitrogens is 2. The predicted molar refractivity (Wildman–Crippen MR) is 84.1 cm³/mol. The standard InChI is InChI=1S/C16H22N4O/c1-20(12-8-6-11(17)7-9-12)10-15-18-14-5-3-2-4-13(14)16(21)19-15/h2-5,11-12H,6-10,17H2,1H3,(H,18,19,21). The molecule has 5 nitrogen and oxygen atoms in total. The molecule has 1 saturated carbocycles. The highest BCUT2D eigenvalue weighted by Crippen LogP contribution is 2.22. The number of nitrogens with zero attached hydrogens (tertiary/aromatic N) is 2. The van der Waals surface area contributed by atoms with Crippen LogP contribution in [0.4, 0.5) is 0 Å². The molecule has 1 heterocycles. The van der Waals surface area contributed by atoms with Gasteiger partial charge in [0.15, 0.2) is 0 Å². The molecule has 0 aliphatic heterocycles. The molecule has 0 spiro atoms. The molecule has 112 valence electrons. The Morgan fingerprint density at radius 3 is 2.76 bits per heavy atom. The van der Waals surface area contributed by atoms with Gasteiger partial charge >= 0.3 is 0 Å². The average molecular weight is 286 g/mol. The van der Waals surface area contributed by atoms with Gasteiger partial charge in [-0.15, -0.1) is 0 Å². The molecular formula is C16H22N4O. The third kappa shape index (κ3) is 3.14. The van der Waals surface area contributed by atoms with E-state index in [2.05, 4.69) is 21.9 Å². The fourth-order valence-corrected chi connectivity index (χ4v) is 3.12. The highest BCUT2D eigenvalue weighted by molar-refractivity contribution is 5.77. The van der Waals surface area contributed by atoms with E-state index in [1.54, 1.807) is 6.07 Å². The average Bonchev–Trinajstić information content (AvgIpc) is 2.48. The van der Waals surface area contributed by atoms with Crippen molar-refractivity contribution >= 4 is 10.9 Å². The van der Waals surface area contributed by atoms with Gasteiger partial charge < -0.3 is 10.7 Å². The molecule has 0 bridgehead atoms. The largest absolute Gasteiger partial charge is 0.328 e. The summed E-state index contributed by atoms with van der Waals surface area (Å²) >= 11 is 0. The Labute approximate surface area is 124 Å². The van der Waals surface area contributed by atoms with Crippen LogP contribution in [0.3, 0.4) is 0 Å². The first-order chi connectivity index (χ1) is 10.1. The first-order valence-corrected chi connectivity index (χ1v) is 7.57. The highest BCUT2D eigenvalue weighted by Gasteiger charge is 2.22. The Bertz CT molecular complexity index is 673. The molecule has 0 radical (unpaired) electrons. The number of rotatable bonds is 3. The number of aromatic amines is 1. The Hall–Kier alpha value is -1.72. The molecule has 1 aromatic heterocycles. The molecule has 0 saturated heterocycles. The van der Waals surface area contributed by atoms with E-state index >= 15 is 0 Å². The van der Waals surface area contributed by atoms with Gasteiger partial charge in [-0.2, -0.15) is 0 Å². The van der Waals surface area contributed by atoms with Gasteiger partial charge in [0, 0.05) is 12.1 Å². The molecule has 5 heteroatoms. The molecule has 1 fully saturated rings. The van der Waals surface area contributed by atoms with Gasteiger partial charge in [0.25, 0.3) is 5.56 Å². The lowest BCUT2D eigenvalue weighted by atomic mass is 9.91. The normalized spacial score (nSPS) is 22.8. The number of hydrogen-bond donors (Lipinski definition) is 2. The zero-order valence-electron chi connectivity index (χ0n) is 12.4. The van der Waals surface area contributed by atoms with Crippen LogP contribution < -0.4 is 11.3 Å². The summed E-state index contributed by atoms with van der Waals surface area (Å²) in [6.07, 6.45) is 4.40. The quantitative estimate of drug-likeness (QED) is 0.899. The number of fused-ring (bicyclic) bond motifs is 1. The number of para-hydroxylation sites is 1. The number of nitrogens with one attached hydrogen (secondary N) is 1. The maximum absolute atomic E-state index is 12.1. The number of hydrogen-bond acceptors (Lipinski definition) is 4. The second-order valence-electron chi connectivity index (χ2n) is 6.01. The van der Waals surface area contributed by atoms with Crippen LogP contribution >= 0.6 is 0 Å². The van der Waals surface area contributed by atoms with Gasteiger partial charge in [0.2, 0.25) is 0 Å². The third-order valence-electron chi connectivity index (χ3n) is 4.43. The maximum Gasteiger partial charge on any atom is 0.258 e. The molecule has 2 aromatic rings. The van der Waals surface area contributed by atoms with Crippen LogP contribution in [0, 0.1) is 0 Å². The molecule has 1 aromatic carbocycles.